The zero-order valence-electron chi connectivity index (χ0n) is 16.3. The second-order valence-electron chi connectivity index (χ2n) is 7.46. The lowest BCUT2D eigenvalue weighted by molar-refractivity contribution is -0.132. The number of H-pyrrole nitrogens is 1. The Kier molecular flexibility index (Phi) is 4.97. The highest BCUT2D eigenvalue weighted by Crippen LogP contribution is 2.25. The maximum Gasteiger partial charge on any atom is 0.267 e. The number of nitrogens with zero attached hydrogens (tertiary/aromatic N) is 6. The van der Waals surface area contributed by atoms with Crippen LogP contribution < -0.4 is 15.4 Å². The predicted molar refractivity (Wildman–Crippen MR) is 106 cm³/mol. The number of carbonyl (C=O) groups excluding carboxylic acids is 1. The molecule has 2 fully saturated rings. The molecule has 9 heteroatoms. The number of piperazine rings is 1. The Labute approximate surface area is 163 Å². The van der Waals surface area contributed by atoms with E-state index in [-0.39, 0.29) is 17.5 Å². The maximum atomic E-state index is 13.2. The first-order valence-electron chi connectivity index (χ1n) is 9.68. The van der Waals surface area contributed by atoms with E-state index in [1.54, 1.807) is 13.0 Å². The van der Waals surface area contributed by atoms with Crippen molar-refractivity contribution >= 4 is 17.7 Å². The molecule has 2 aromatic heterocycles. The molecule has 1 amide bonds. The minimum atomic E-state index is -0.222. The Balaban J connectivity index is 1.42. The number of anilines is 2. The normalized spacial score (nSPS) is 19.9. The van der Waals surface area contributed by atoms with Crippen molar-refractivity contribution in [3.8, 4) is 0 Å². The summed E-state index contributed by atoms with van der Waals surface area (Å²) in [4.78, 5) is 39.6. The second-order valence-corrected chi connectivity index (χ2v) is 7.46. The highest BCUT2D eigenvalue weighted by Gasteiger charge is 2.36. The van der Waals surface area contributed by atoms with Crippen LogP contribution in [0.1, 0.15) is 24.0 Å². The van der Waals surface area contributed by atoms with E-state index in [1.165, 1.54) is 0 Å². The smallest absolute Gasteiger partial charge is 0.267 e. The fourth-order valence-corrected chi connectivity index (χ4v) is 3.82. The van der Waals surface area contributed by atoms with Crippen LogP contribution in [0.25, 0.3) is 0 Å². The Morgan fingerprint density at radius 2 is 1.82 bits per heavy atom. The van der Waals surface area contributed by atoms with Crippen LogP contribution in [0.2, 0.25) is 0 Å². The average Bonchev–Trinajstić information content (AvgIpc) is 3.20. The molecule has 2 saturated heterocycles. The summed E-state index contributed by atoms with van der Waals surface area (Å²) in [5, 5.41) is 6.67. The summed E-state index contributed by atoms with van der Waals surface area (Å²) in [6.07, 6.45) is 5.37. The lowest BCUT2D eigenvalue weighted by Crippen LogP contribution is -2.54. The maximum absolute atomic E-state index is 13.2. The van der Waals surface area contributed by atoms with E-state index < -0.39 is 0 Å². The van der Waals surface area contributed by atoms with Gasteiger partial charge >= 0.3 is 0 Å². The van der Waals surface area contributed by atoms with Crippen LogP contribution >= 0.6 is 0 Å². The van der Waals surface area contributed by atoms with Gasteiger partial charge in [-0.05, 0) is 38.3 Å². The van der Waals surface area contributed by atoms with Crippen LogP contribution in [0, 0.1) is 13.8 Å². The number of aromatic amines is 1. The van der Waals surface area contributed by atoms with Crippen molar-refractivity contribution in [1.29, 1.82) is 0 Å². The quantitative estimate of drug-likeness (QED) is 0.824. The van der Waals surface area contributed by atoms with Crippen molar-refractivity contribution in [3.05, 3.63) is 39.9 Å². The van der Waals surface area contributed by atoms with E-state index >= 15 is 0 Å². The number of amides is 1. The molecular formula is C19H25N7O2. The summed E-state index contributed by atoms with van der Waals surface area (Å²) < 4.78 is 0. The molecule has 0 aromatic carbocycles. The van der Waals surface area contributed by atoms with Crippen molar-refractivity contribution in [3.63, 3.8) is 0 Å². The lowest BCUT2D eigenvalue weighted by atomic mass is 10.1. The van der Waals surface area contributed by atoms with Crippen molar-refractivity contribution in [1.82, 2.24) is 25.1 Å². The molecule has 9 nitrogen and oxygen atoms in total. The minimum Gasteiger partial charge on any atom is -0.343 e. The van der Waals surface area contributed by atoms with Crippen molar-refractivity contribution in [2.24, 2.45) is 0 Å². The summed E-state index contributed by atoms with van der Waals surface area (Å²) in [5.41, 5.74) is 1.44. The first kappa shape index (κ1) is 18.4. The Hall–Kier alpha value is -2.97. The number of hydrogen-bond donors (Lipinski definition) is 1. The fraction of sp³-hybridized carbons (Fsp3) is 0.526. The number of aromatic nitrogens is 4. The molecule has 0 unspecified atom stereocenters. The number of carbonyl (C=O) groups is 1. The second kappa shape index (κ2) is 7.57. The van der Waals surface area contributed by atoms with Gasteiger partial charge in [0.2, 0.25) is 11.9 Å². The number of hydrogen-bond acceptors (Lipinski definition) is 7. The lowest BCUT2D eigenvalue weighted by Gasteiger charge is -2.37. The van der Waals surface area contributed by atoms with Gasteiger partial charge < -0.3 is 14.7 Å². The summed E-state index contributed by atoms with van der Waals surface area (Å²) in [5.74, 6) is 1.51. The first-order chi connectivity index (χ1) is 13.5. The minimum absolute atomic E-state index is 0.132. The molecular weight excluding hydrogens is 358 g/mol. The zero-order chi connectivity index (χ0) is 19.7. The molecule has 0 aliphatic carbocycles. The van der Waals surface area contributed by atoms with Crippen molar-refractivity contribution in [2.75, 3.05) is 42.5 Å². The fourth-order valence-electron chi connectivity index (χ4n) is 3.82. The molecule has 0 spiro atoms. The summed E-state index contributed by atoms with van der Waals surface area (Å²) in [6, 6.07) is 1.54. The molecule has 2 aliphatic heterocycles. The molecule has 28 heavy (non-hydrogen) atoms. The van der Waals surface area contributed by atoms with E-state index in [2.05, 4.69) is 25.1 Å². The van der Waals surface area contributed by atoms with Gasteiger partial charge in [0, 0.05) is 50.7 Å². The molecule has 2 aliphatic rings. The third kappa shape index (κ3) is 3.56. The summed E-state index contributed by atoms with van der Waals surface area (Å²) in [6.45, 7) is 7.23. The van der Waals surface area contributed by atoms with E-state index in [4.69, 9.17) is 0 Å². The molecule has 1 N–H and O–H groups in total. The van der Waals surface area contributed by atoms with Gasteiger partial charge in [-0.15, -0.1) is 0 Å². The van der Waals surface area contributed by atoms with Gasteiger partial charge in [0.15, 0.2) is 0 Å². The van der Waals surface area contributed by atoms with E-state index in [1.807, 2.05) is 29.1 Å². The van der Waals surface area contributed by atoms with Crippen LogP contribution in [-0.2, 0) is 4.79 Å². The molecule has 0 radical (unpaired) electrons. The monoisotopic (exact) mass is 383 g/mol. The third-order valence-corrected chi connectivity index (χ3v) is 5.45. The molecule has 0 bridgehead atoms. The van der Waals surface area contributed by atoms with Crippen LogP contribution in [0.4, 0.5) is 11.8 Å². The van der Waals surface area contributed by atoms with Crippen LogP contribution in [0.15, 0.2) is 23.3 Å². The average molecular weight is 383 g/mol. The van der Waals surface area contributed by atoms with E-state index in [9.17, 15) is 9.59 Å². The Morgan fingerprint density at radius 1 is 1.11 bits per heavy atom. The number of nitrogens with one attached hydrogen (secondary N) is 1. The predicted octanol–water partition coefficient (Wildman–Crippen LogP) is 0.494. The Bertz CT molecular complexity index is 903. The first-order valence-corrected chi connectivity index (χ1v) is 9.68. The SMILES string of the molecule is Cc1cnc(N2CCN(C(=O)[C@@H]3CCCN3c3cc(C)c(=O)[nH]n3)CC2)nc1. The van der Waals surface area contributed by atoms with Gasteiger partial charge in [-0.25, -0.2) is 15.1 Å². The zero-order valence-corrected chi connectivity index (χ0v) is 16.3. The molecule has 2 aromatic rings. The molecule has 1 atom stereocenters. The molecule has 4 heterocycles. The van der Waals surface area contributed by atoms with Crippen LogP contribution in [0.5, 0.6) is 0 Å². The number of rotatable bonds is 3. The topological polar surface area (TPSA) is 98.3 Å². The van der Waals surface area contributed by atoms with Crippen LogP contribution in [-0.4, -0.2) is 69.7 Å². The third-order valence-electron chi connectivity index (χ3n) is 5.45. The Morgan fingerprint density at radius 3 is 2.50 bits per heavy atom. The van der Waals surface area contributed by atoms with Crippen molar-refractivity contribution < 1.29 is 4.79 Å². The van der Waals surface area contributed by atoms with E-state index in [0.29, 0.717) is 30.4 Å². The van der Waals surface area contributed by atoms with Gasteiger partial charge in [0.25, 0.3) is 5.56 Å². The molecule has 148 valence electrons. The van der Waals surface area contributed by atoms with Gasteiger partial charge in [0.05, 0.1) is 0 Å². The highest BCUT2D eigenvalue weighted by molar-refractivity contribution is 5.86. The van der Waals surface area contributed by atoms with Crippen LogP contribution in [0.3, 0.4) is 0 Å². The standard InChI is InChI=1S/C19H25N7O2/c1-13-11-20-19(21-12-13)25-8-6-24(7-9-25)18(28)15-4-3-5-26(15)16-10-14(2)17(27)23-22-16/h10-12,15H,3-9H2,1-2H3,(H,23,27)/t15-/m0/s1. The van der Waals surface area contributed by atoms with Gasteiger partial charge in [-0.1, -0.05) is 0 Å². The highest BCUT2D eigenvalue weighted by atomic mass is 16.2. The van der Waals surface area contributed by atoms with Gasteiger partial charge in [-0.2, -0.15) is 5.10 Å². The van der Waals surface area contributed by atoms with Crippen molar-refractivity contribution in [2.45, 2.75) is 32.7 Å². The molecule has 4 rings (SSSR count). The van der Waals surface area contributed by atoms with Gasteiger partial charge in [-0.3, -0.25) is 9.59 Å². The number of aryl methyl sites for hydroxylation is 2. The molecule has 0 saturated carbocycles. The summed E-state index contributed by atoms with van der Waals surface area (Å²) in [7, 11) is 0. The summed E-state index contributed by atoms with van der Waals surface area (Å²) >= 11 is 0. The van der Waals surface area contributed by atoms with E-state index in [0.717, 1.165) is 38.0 Å². The largest absolute Gasteiger partial charge is 0.343 e. The van der Waals surface area contributed by atoms with Gasteiger partial charge in [0.1, 0.15) is 11.9 Å².